The number of imidazole rings is 1. The third-order valence-electron chi connectivity index (χ3n) is 2.80. The first-order valence-corrected chi connectivity index (χ1v) is 7.44. The van der Waals surface area contributed by atoms with Crippen molar-refractivity contribution in [3.8, 4) is 0 Å². The van der Waals surface area contributed by atoms with Gasteiger partial charge in [-0.25, -0.2) is 4.98 Å². The van der Waals surface area contributed by atoms with Crippen molar-refractivity contribution in [3.05, 3.63) is 33.0 Å². The molecular formula is C12H9BrCl2N6. The molecule has 2 aromatic heterocycles. The van der Waals surface area contributed by atoms with Gasteiger partial charge in [-0.15, -0.1) is 0 Å². The van der Waals surface area contributed by atoms with Crippen molar-refractivity contribution in [1.82, 2.24) is 19.9 Å². The Bertz CT molecular complexity index is 819. The molecule has 3 aromatic rings. The molecule has 0 spiro atoms. The fourth-order valence-electron chi connectivity index (χ4n) is 1.79. The minimum atomic E-state index is 0.406. The third-order valence-corrected chi connectivity index (χ3v) is 4.57. The van der Waals surface area contributed by atoms with E-state index in [0.29, 0.717) is 38.7 Å². The molecule has 0 amide bonds. The van der Waals surface area contributed by atoms with Crippen LogP contribution in [0.3, 0.4) is 0 Å². The lowest BCUT2D eigenvalue weighted by atomic mass is 10.3. The van der Waals surface area contributed by atoms with Gasteiger partial charge in [0.2, 0.25) is 5.95 Å². The van der Waals surface area contributed by atoms with Crippen LogP contribution in [-0.2, 0) is 0 Å². The van der Waals surface area contributed by atoms with Crippen LogP contribution in [0.5, 0.6) is 0 Å². The predicted octanol–water partition coefficient (Wildman–Crippen LogP) is 4.21. The molecule has 0 radical (unpaired) electrons. The molecule has 0 aliphatic rings. The SMILES string of the molecule is CNc1nc(Nc2ccc(Br)c(Cl)c2Cl)c2[nH]cnc2n1. The first kappa shape index (κ1) is 14.4. The number of hydrogen-bond acceptors (Lipinski definition) is 5. The summed E-state index contributed by atoms with van der Waals surface area (Å²) in [5, 5.41) is 6.87. The van der Waals surface area contributed by atoms with Crippen LogP contribution in [0.25, 0.3) is 11.2 Å². The highest BCUT2D eigenvalue weighted by atomic mass is 79.9. The first-order valence-electron chi connectivity index (χ1n) is 5.89. The summed E-state index contributed by atoms with van der Waals surface area (Å²) in [6, 6.07) is 3.61. The lowest BCUT2D eigenvalue weighted by molar-refractivity contribution is 1.18. The summed E-state index contributed by atoms with van der Waals surface area (Å²) in [5.41, 5.74) is 1.88. The molecule has 3 rings (SSSR count). The molecule has 0 fully saturated rings. The van der Waals surface area contributed by atoms with E-state index in [1.54, 1.807) is 19.4 Å². The molecule has 0 saturated carbocycles. The molecule has 108 valence electrons. The number of hydrogen-bond donors (Lipinski definition) is 3. The Labute approximate surface area is 138 Å². The van der Waals surface area contributed by atoms with Gasteiger partial charge in [0.05, 0.1) is 22.1 Å². The minimum absolute atomic E-state index is 0.406. The summed E-state index contributed by atoms with van der Waals surface area (Å²) in [5.74, 6) is 1.01. The van der Waals surface area contributed by atoms with E-state index >= 15 is 0 Å². The number of anilines is 3. The summed E-state index contributed by atoms with van der Waals surface area (Å²) >= 11 is 15.7. The van der Waals surface area contributed by atoms with Crippen molar-refractivity contribution >= 4 is 67.7 Å². The lowest BCUT2D eigenvalue weighted by Crippen LogP contribution is -2.02. The molecule has 3 N–H and O–H groups in total. The smallest absolute Gasteiger partial charge is 0.226 e. The monoisotopic (exact) mass is 386 g/mol. The van der Waals surface area contributed by atoms with E-state index in [9.17, 15) is 0 Å². The van der Waals surface area contributed by atoms with Gasteiger partial charge < -0.3 is 15.6 Å². The van der Waals surface area contributed by atoms with Crippen LogP contribution >= 0.6 is 39.1 Å². The van der Waals surface area contributed by atoms with Crippen molar-refractivity contribution in [2.45, 2.75) is 0 Å². The largest absolute Gasteiger partial charge is 0.357 e. The highest BCUT2D eigenvalue weighted by molar-refractivity contribution is 9.10. The van der Waals surface area contributed by atoms with E-state index in [1.807, 2.05) is 6.07 Å². The molecule has 1 aromatic carbocycles. The molecule has 0 aliphatic carbocycles. The van der Waals surface area contributed by atoms with Crippen molar-refractivity contribution in [1.29, 1.82) is 0 Å². The maximum Gasteiger partial charge on any atom is 0.226 e. The van der Waals surface area contributed by atoms with Crippen LogP contribution in [0.4, 0.5) is 17.5 Å². The second kappa shape index (κ2) is 5.67. The Morgan fingerprint density at radius 1 is 1.19 bits per heavy atom. The number of rotatable bonds is 3. The first-order chi connectivity index (χ1) is 10.1. The van der Waals surface area contributed by atoms with Crippen molar-refractivity contribution in [2.24, 2.45) is 0 Å². The molecule has 9 heteroatoms. The molecule has 21 heavy (non-hydrogen) atoms. The summed E-state index contributed by atoms with van der Waals surface area (Å²) in [4.78, 5) is 15.7. The van der Waals surface area contributed by atoms with Crippen LogP contribution in [-0.4, -0.2) is 27.0 Å². The molecule has 0 atom stereocenters. The van der Waals surface area contributed by atoms with E-state index in [-0.39, 0.29) is 0 Å². The normalized spacial score (nSPS) is 10.9. The second-order valence-electron chi connectivity index (χ2n) is 4.09. The Kier molecular flexibility index (Phi) is 3.88. The average Bonchev–Trinajstić information content (AvgIpc) is 2.96. The molecule has 0 aliphatic heterocycles. The maximum atomic E-state index is 6.24. The summed E-state index contributed by atoms with van der Waals surface area (Å²) < 4.78 is 0.727. The number of nitrogens with one attached hydrogen (secondary N) is 3. The van der Waals surface area contributed by atoms with Crippen LogP contribution in [0, 0.1) is 0 Å². The number of aromatic amines is 1. The van der Waals surface area contributed by atoms with Crippen LogP contribution in [0.2, 0.25) is 10.0 Å². The Morgan fingerprint density at radius 2 is 2.00 bits per heavy atom. The Morgan fingerprint density at radius 3 is 2.76 bits per heavy atom. The van der Waals surface area contributed by atoms with Gasteiger partial charge in [0.1, 0.15) is 5.52 Å². The molecule has 0 saturated heterocycles. The standard InChI is InChI=1S/C12H9BrCl2N6/c1-16-12-20-10-9(17-4-18-10)11(21-12)19-6-3-2-5(13)7(14)8(6)15/h2-4H,1H3,(H3,16,17,18,19,20,21). The van der Waals surface area contributed by atoms with E-state index in [2.05, 4.69) is 46.5 Å². The van der Waals surface area contributed by atoms with Crippen LogP contribution < -0.4 is 10.6 Å². The van der Waals surface area contributed by atoms with Crippen molar-refractivity contribution in [3.63, 3.8) is 0 Å². The molecule has 0 bridgehead atoms. The van der Waals surface area contributed by atoms with Gasteiger partial charge in [0.25, 0.3) is 0 Å². The van der Waals surface area contributed by atoms with Gasteiger partial charge in [-0.1, -0.05) is 23.2 Å². The number of benzene rings is 1. The lowest BCUT2D eigenvalue weighted by Gasteiger charge is -2.11. The summed E-state index contributed by atoms with van der Waals surface area (Å²) in [6.45, 7) is 0. The van der Waals surface area contributed by atoms with Crippen molar-refractivity contribution in [2.75, 3.05) is 17.7 Å². The van der Waals surface area contributed by atoms with Gasteiger partial charge in [-0.3, -0.25) is 0 Å². The van der Waals surface area contributed by atoms with E-state index in [0.717, 1.165) is 4.47 Å². The molecule has 2 heterocycles. The van der Waals surface area contributed by atoms with Gasteiger partial charge in [0, 0.05) is 11.5 Å². The number of nitrogens with zero attached hydrogens (tertiary/aromatic N) is 3. The quantitative estimate of drug-likeness (QED) is 0.586. The van der Waals surface area contributed by atoms with E-state index in [4.69, 9.17) is 23.2 Å². The second-order valence-corrected chi connectivity index (χ2v) is 5.71. The topological polar surface area (TPSA) is 78.5 Å². The summed E-state index contributed by atoms with van der Waals surface area (Å²) in [6.07, 6.45) is 1.56. The van der Waals surface area contributed by atoms with Crippen LogP contribution in [0.15, 0.2) is 22.9 Å². The number of aromatic nitrogens is 4. The zero-order valence-electron chi connectivity index (χ0n) is 10.7. The van der Waals surface area contributed by atoms with Crippen molar-refractivity contribution < 1.29 is 0 Å². The zero-order valence-corrected chi connectivity index (χ0v) is 13.8. The highest BCUT2D eigenvalue weighted by Crippen LogP contribution is 2.37. The number of halogens is 3. The zero-order chi connectivity index (χ0) is 15.0. The number of H-pyrrole nitrogens is 1. The predicted molar refractivity (Wildman–Crippen MR) is 88.7 cm³/mol. The van der Waals surface area contributed by atoms with Gasteiger partial charge in [-0.05, 0) is 28.1 Å². The minimum Gasteiger partial charge on any atom is -0.357 e. The fraction of sp³-hybridized carbons (Fsp3) is 0.0833. The van der Waals surface area contributed by atoms with Crippen LogP contribution in [0.1, 0.15) is 0 Å². The van der Waals surface area contributed by atoms with E-state index < -0.39 is 0 Å². The Balaban J connectivity index is 2.09. The fourth-order valence-corrected chi connectivity index (χ4v) is 2.61. The van der Waals surface area contributed by atoms with Gasteiger partial charge >= 0.3 is 0 Å². The molecule has 6 nitrogen and oxygen atoms in total. The van der Waals surface area contributed by atoms with E-state index in [1.165, 1.54) is 0 Å². The number of fused-ring (bicyclic) bond motifs is 1. The average molecular weight is 388 g/mol. The summed E-state index contributed by atoms with van der Waals surface area (Å²) in [7, 11) is 1.74. The van der Waals surface area contributed by atoms with Gasteiger partial charge in [0.15, 0.2) is 11.5 Å². The third kappa shape index (κ3) is 2.64. The molecular weight excluding hydrogens is 379 g/mol. The Hall–Kier alpha value is -1.57. The molecule has 0 unspecified atom stereocenters. The highest BCUT2D eigenvalue weighted by Gasteiger charge is 2.13. The van der Waals surface area contributed by atoms with Gasteiger partial charge in [-0.2, -0.15) is 9.97 Å². The maximum absolute atomic E-state index is 6.24.